The van der Waals surface area contributed by atoms with E-state index in [1.54, 1.807) is 0 Å². The van der Waals surface area contributed by atoms with Crippen LogP contribution in [0, 0.1) is 0 Å². The van der Waals surface area contributed by atoms with Crippen LogP contribution in [0.1, 0.15) is 0 Å². The maximum atomic E-state index is 4.81. The smallest absolute Gasteiger partial charge is 0.123 e. The van der Waals surface area contributed by atoms with Gasteiger partial charge in [0.1, 0.15) is 0 Å². The summed E-state index contributed by atoms with van der Waals surface area (Å²) in [5.41, 5.74) is 0. The minimum absolute atomic E-state index is 0.271. The summed E-state index contributed by atoms with van der Waals surface area (Å²) in [5.74, 6) is 0. The Bertz CT molecular complexity index is 30.0. The summed E-state index contributed by atoms with van der Waals surface area (Å²) in [6, 6.07) is 0. The van der Waals surface area contributed by atoms with Crippen molar-refractivity contribution in [1.82, 2.24) is 0 Å². The second kappa shape index (κ2) is 9.37. The average Bonchev–Trinajstić information content (AvgIpc) is 1.25. The lowest BCUT2D eigenvalue weighted by atomic mass is 10.8. The predicted molar refractivity (Wildman–Crippen MR) is 53.9 cm³/mol. The van der Waals surface area contributed by atoms with Crippen LogP contribution in [-0.2, 0) is 0 Å². The summed E-state index contributed by atoms with van der Waals surface area (Å²) in [6.45, 7) is 0. The highest BCUT2D eigenvalue weighted by atomic mass is 79.9. The molecule has 0 aliphatic rings. The van der Waals surface area contributed by atoms with E-state index in [-0.39, 0.29) is 3.18 Å². The number of hydrogen-bond donors (Lipinski definition) is 0. The first-order valence-corrected chi connectivity index (χ1v) is 5.37. The number of rotatable bonds is 0. The molecule has 0 N–H and O–H groups in total. The van der Waals surface area contributed by atoms with Crippen LogP contribution in [0.4, 0.5) is 0 Å². The standard InChI is InChI=1S/CHCl3.BBr3/c2*2-1(3)4/h1H;. The third kappa shape index (κ3) is 80.8. The number of alkyl halides is 3. The quantitative estimate of drug-likeness (QED) is 0.444. The summed E-state index contributed by atoms with van der Waals surface area (Å²) in [6.07, 6.45) is 0. The maximum absolute atomic E-state index is 4.81. The fourth-order valence-corrected chi connectivity index (χ4v) is 0. The average molecular weight is 370 g/mol. The van der Waals surface area contributed by atoms with Gasteiger partial charge >= 0.3 is 3.18 Å². The van der Waals surface area contributed by atoms with E-state index in [0.29, 0.717) is 0 Å². The van der Waals surface area contributed by atoms with Gasteiger partial charge in [-0.1, -0.05) is 34.8 Å². The number of halogens is 6. The van der Waals surface area contributed by atoms with E-state index in [4.69, 9.17) is 34.8 Å². The van der Waals surface area contributed by atoms with Crippen molar-refractivity contribution in [3.05, 3.63) is 0 Å². The minimum Gasteiger partial charge on any atom is -0.123 e. The molecule has 0 saturated heterocycles. The minimum atomic E-state index is -0.750. The molecule has 0 aromatic carbocycles. The van der Waals surface area contributed by atoms with E-state index < -0.39 is 4.30 Å². The Morgan fingerprint density at radius 3 is 1.00 bits per heavy atom. The lowest BCUT2D eigenvalue weighted by Gasteiger charge is -1.69. The van der Waals surface area contributed by atoms with Crippen molar-refractivity contribution in [2.45, 2.75) is 4.30 Å². The zero-order valence-electron chi connectivity index (χ0n) is 3.42. The zero-order chi connectivity index (χ0) is 7.15. The molecule has 0 atom stereocenters. The molecule has 0 unspecified atom stereocenters. The molecule has 0 nitrogen and oxygen atoms in total. The molecule has 0 heterocycles. The van der Waals surface area contributed by atoms with E-state index in [1.807, 2.05) is 0 Å². The highest BCUT2D eigenvalue weighted by Crippen LogP contribution is 2.07. The van der Waals surface area contributed by atoms with Crippen molar-refractivity contribution in [2.75, 3.05) is 0 Å². The highest BCUT2D eigenvalue weighted by molar-refractivity contribution is 9.69. The summed E-state index contributed by atoms with van der Waals surface area (Å²) in [5, 5.41) is 0. The highest BCUT2D eigenvalue weighted by Gasteiger charge is 1.87. The molecule has 7 heteroatoms. The zero-order valence-corrected chi connectivity index (χ0v) is 10.4. The first-order chi connectivity index (χ1) is 3.46. The van der Waals surface area contributed by atoms with Gasteiger partial charge in [-0.3, -0.25) is 0 Å². The van der Waals surface area contributed by atoms with Gasteiger partial charge in [-0.25, -0.2) is 0 Å². The molecular formula is CHBBr3Cl3. The molecular weight excluding hydrogens is 369 g/mol. The van der Waals surface area contributed by atoms with E-state index in [1.165, 1.54) is 0 Å². The van der Waals surface area contributed by atoms with Crippen LogP contribution in [0.2, 0.25) is 0 Å². The Morgan fingerprint density at radius 2 is 1.00 bits per heavy atom. The van der Waals surface area contributed by atoms with Crippen LogP contribution in [-0.4, -0.2) is 7.48 Å². The van der Waals surface area contributed by atoms with Gasteiger partial charge in [-0.05, 0) is 0 Å². The monoisotopic (exact) mass is 366 g/mol. The summed E-state index contributed by atoms with van der Waals surface area (Å²) in [7, 11) is 0. The third-order valence-corrected chi connectivity index (χ3v) is 0. The van der Waals surface area contributed by atoms with E-state index in [0.717, 1.165) is 0 Å². The van der Waals surface area contributed by atoms with Crippen LogP contribution in [0.5, 0.6) is 0 Å². The van der Waals surface area contributed by atoms with Crippen molar-refractivity contribution in [2.24, 2.45) is 0 Å². The Balaban J connectivity index is 0. The molecule has 0 radical (unpaired) electrons. The normalized spacial score (nSPS) is 7.88. The van der Waals surface area contributed by atoms with E-state index in [9.17, 15) is 0 Å². The maximum Gasteiger partial charge on any atom is 0.369 e. The van der Waals surface area contributed by atoms with Gasteiger partial charge in [0.2, 0.25) is 0 Å². The Kier molecular flexibility index (Phi) is 15.2. The molecule has 0 fully saturated rings. The lowest BCUT2D eigenvalue weighted by Crippen LogP contribution is -1.60. The largest absolute Gasteiger partial charge is 0.369 e. The molecule has 0 amide bonds. The van der Waals surface area contributed by atoms with Crippen LogP contribution >= 0.6 is 82.1 Å². The fraction of sp³-hybridized carbons (Fsp3) is 1.00. The topological polar surface area (TPSA) is 0 Å². The second-order valence-corrected chi connectivity index (χ2v) is 8.91. The van der Waals surface area contributed by atoms with E-state index in [2.05, 4.69) is 47.3 Å². The molecule has 8 heavy (non-hydrogen) atoms. The lowest BCUT2D eigenvalue weighted by molar-refractivity contribution is 1.96. The molecule has 0 aromatic heterocycles. The molecule has 0 aliphatic heterocycles. The van der Waals surface area contributed by atoms with Gasteiger partial charge in [0, 0.05) is 0 Å². The van der Waals surface area contributed by atoms with Crippen molar-refractivity contribution < 1.29 is 0 Å². The van der Waals surface area contributed by atoms with Crippen LogP contribution in [0.15, 0.2) is 0 Å². The van der Waals surface area contributed by atoms with Gasteiger partial charge in [0.25, 0.3) is 0 Å². The van der Waals surface area contributed by atoms with Gasteiger partial charge in [0.05, 0.1) is 0 Å². The van der Waals surface area contributed by atoms with Crippen molar-refractivity contribution >= 4 is 85.3 Å². The molecule has 50 valence electrons. The van der Waals surface area contributed by atoms with Gasteiger partial charge in [-0.15, -0.1) is 47.3 Å². The fourth-order valence-electron chi connectivity index (χ4n) is 0. The Labute approximate surface area is 88.6 Å². The van der Waals surface area contributed by atoms with Crippen molar-refractivity contribution in [1.29, 1.82) is 0 Å². The first-order valence-electron chi connectivity index (χ1n) is 1.31. The van der Waals surface area contributed by atoms with Crippen LogP contribution < -0.4 is 0 Å². The first kappa shape index (κ1) is 13.0. The van der Waals surface area contributed by atoms with Gasteiger partial charge < -0.3 is 0 Å². The summed E-state index contributed by atoms with van der Waals surface area (Å²) >= 11 is 23.7. The van der Waals surface area contributed by atoms with E-state index >= 15 is 0 Å². The van der Waals surface area contributed by atoms with Gasteiger partial charge in [-0.2, -0.15) is 0 Å². The van der Waals surface area contributed by atoms with Gasteiger partial charge in [0.15, 0.2) is 4.30 Å². The Hall–Kier alpha value is 2.37. The number of hydrogen-bond acceptors (Lipinski definition) is 0. The SMILES string of the molecule is BrB(Br)Br.ClC(Cl)Cl. The summed E-state index contributed by atoms with van der Waals surface area (Å²) in [4.78, 5) is 0. The molecule has 0 saturated carbocycles. The van der Waals surface area contributed by atoms with Crippen LogP contribution in [0.3, 0.4) is 0 Å². The Morgan fingerprint density at radius 1 is 1.00 bits per heavy atom. The van der Waals surface area contributed by atoms with Crippen molar-refractivity contribution in [3.8, 4) is 0 Å². The molecule has 0 aliphatic carbocycles. The predicted octanol–water partition coefficient (Wildman–Crippen LogP) is 4.14. The van der Waals surface area contributed by atoms with Crippen molar-refractivity contribution in [3.63, 3.8) is 0 Å². The summed E-state index contributed by atoms with van der Waals surface area (Å²) < 4.78 is -0.479. The molecule has 0 bridgehead atoms. The third-order valence-electron chi connectivity index (χ3n) is 0. The molecule has 0 aromatic rings. The van der Waals surface area contributed by atoms with Crippen LogP contribution in [0.25, 0.3) is 0 Å². The molecule has 0 spiro atoms. The second-order valence-electron chi connectivity index (χ2n) is 0.495. The molecule has 0 rings (SSSR count).